The van der Waals surface area contributed by atoms with E-state index in [0.29, 0.717) is 5.69 Å². The maximum atomic E-state index is 8.86. The summed E-state index contributed by atoms with van der Waals surface area (Å²) in [6, 6.07) is 5.91. The minimum Gasteiger partial charge on any atom is -0.318 e. The van der Waals surface area contributed by atoms with Crippen LogP contribution < -0.4 is 5.32 Å². The zero-order chi connectivity index (χ0) is 11.1. The van der Waals surface area contributed by atoms with E-state index in [0.717, 1.165) is 25.2 Å². The Balaban J connectivity index is 2.60. The van der Waals surface area contributed by atoms with E-state index >= 15 is 0 Å². The fraction of sp³-hybridized carbons (Fsp3) is 0.455. The second kappa shape index (κ2) is 6.12. The monoisotopic (exact) mass is 204 g/mol. The molecule has 0 saturated carbocycles. The maximum absolute atomic E-state index is 8.86. The topological polar surface area (TPSA) is 52.0 Å². The third-order valence-electron chi connectivity index (χ3n) is 2.18. The number of pyridine rings is 1. The Labute approximate surface area is 90.5 Å². The molecule has 0 spiro atoms. The van der Waals surface area contributed by atoms with Crippen LogP contribution in [0.3, 0.4) is 0 Å². The Morgan fingerprint density at radius 1 is 1.60 bits per heavy atom. The van der Waals surface area contributed by atoms with Crippen molar-refractivity contribution in [3.63, 3.8) is 0 Å². The predicted molar refractivity (Wildman–Crippen MR) is 59.2 cm³/mol. The molecule has 0 aliphatic carbocycles. The van der Waals surface area contributed by atoms with Gasteiger partial charge in [0.1, 0.15) is 11.8 Å². The number of hydrogen-bond donors (Lipinski definition) is 1. The first-order valence-electron chi connectivity index (χ1n) is 4.95. The highest BCUT2D eigenvalue weighted by Gasteiger charge is 2.05. The summed E-state index contributed by atoms with van der Waals surface area (Å²) in [6.45, 7) is 2.66. The largest absolute Gasteiger partial charge is 0.318 e. The highest BCUT2D eigenvalue weighted by molar-refractivity contribution is 5.30. The number of aromatic nitrogens is 1. The molecule has 1 rings (SSSR count). The zero-order valence-electron chi connectivity index (χ0n) is 9.20. The Kier molecular flexibility index (Phi) is 4.75. The second-order valence-corrected chi connectivity index (χ2v) is 3.46. The van der Waals surface area contributed by atoms with Crippen LogP contribution in [0.15, 0.2) is 18.3 Å². The summed E-state index contributed by atoms with van der Waals surface area (Å²) >= 11 is 0. The fourth-order valence-corrected chi connectivity index (χ4v) is 1.34. The minimum absolute atomic E-state index is 0.522. The van der Waals surface area contributed by atoms with Crippen LogP contribution in [0.4, 0.5) is 0 Å². The number of hydrogen-bond acceptors (Lipinski definition) is 4. The van der Waals surface area contributed by atoms with Gasteiger partial charge < -0.3 is 10.2 Å². The minimum atomic E-state index is 0.522. The van der Waals surface area contributed by atoms with Gasteiger partial charge in [-0.3, -0.25) is 0 Å². The Bertz CT molecular complexity index is 343. The molecule has 1 aromatic heterocycles. The van der Waals surface area contributed by atoms with E-state index in [4.69, 9.17) is 5.26 Å². The van der Waals surface area contributed by atoms with E-state index < -0.39 is 0 Å². The number of nitrogens with zero attached hydrogens (tertiary/aromatic N) is 3. The van der Waals surface area contributed by atoms with Gasteiger partial charge in [0.2, 0.25) is 0 Å². The van der Waals surface area contributed by atoms with Gasteiger partial charge in [-0.2, -0.15) is 5.26 Å². The first-order valence-corrected chi connectivity index (χ1v) is 4.95. The Hall–Kier alpha value is -1.44. The molecule has 15 heavy (non-hydrogen) atoms. The first-order chi connectivity index (χ1) is 7.27. The van der Waals surface area contributed by atoms with Crippen molar-refractivity contribution in [3.8, 4) is 6.07 Å². The summed E-state index contributed by atoms with van der Waals surface area (Å²) < 4.78 is 0. The van der Waals surface area contributed by atoms with E-state index in [2.05, 4.69) is 21.3 Å². The van der Waals surface area contributed by atoms with Crippen LogP contribution in [0.25, 0.3) is 0 Å². The lowest BCUT2D eigenvalue weighted by Crippen LogP contribution is -2.27. The van der Waals surface area contributed by atoms with Crippen LogP contribution in [0, 0.1) is 11.3 Å². The van der Waals surface area contributed by atoms with Gasteiger partial charge in [0.25, 0.3) is 0 Å². The second-order valence-electron chi connectivity index (χ2n) is 3.46. The van der Waals surface area contributed by atoms with Crippen molar-refractivity contribution in [2.75, 3.05) is 27.2 Å². The fourth-order valence-electron chi connectivity index (χ4n) is 1.34. The third-order valence-corrected chi connectivity index (χ3v) is 2.18. The van der Waals surface area contributed by atoms with E-state index in [1.54, 1.807) is 6.20 Å². The molecule has 0 aliphatic heterocycles. The third kappa shape index (κ3) is 3.66. The highest BCUT2D eigenvalue weighted by Crippen LogP contribution is 2.06. The summed E-state index contributed by atoms with van der Waals surface area (Å²) in [4.78, 5) is 6.19. The van der Waals surface area contributed by atoms with Gasteiger partial charge in [-0.25, -0.2) is 4.98 Å². The standard InChI is InChI=1S/C11H16N4/c1-13-6-7-15(2)9-10-4-3-5-14-11(10)8-12/h3-5,13H,6-7,9H2,1-2H3. The van der Waals surface area contributed by atoms with Gasteiger partial charge in [-0.15, -0.1) is 0 Å². The molecule has 0 saturated heterocycles. The zero-order valence-corrected chi connectivity index (χ0v) is 9.20. The van der Waals surface area contributed by atoms with Crippen molar-refractivity contribution < 1.29 is 0 Å². The quantitative estimate of drug-likeness (QED) is 0.763. The van der Waals surface area contributed by atoms with Gasteiger partial charge in [-0.05, 0) is 20.2 Å². The smallest absolute Gasteiger partial charge is 0.144 e. The molecule has 0 radical (unpaired) electrons. The normalized spacial score (nSPS) is 10.3. The van der Waals surface area contributed by atoms with E-state index in [9.17, 15) is 0 Å². The van der Waals surface area contributed by atoms with Crippen molar-refractivity contribution in [3.05, 3.63) is 29.6 Å². The molecule has 1 heterocycles. The number of nitriles is 1. The summed E-state index contributed by atoms with van der Waals surface area (Å²) in [5.74, 6) is 0. The van der Waals surface area contributed by atoms with E-state index in [1.807, 2.05) is 26.2 Å². The van der Waals surface area contributed by atoms with Crippen LogP contribution in [-0.2, 0) is 6.54 Å². The summed E-state index contributed by atoms with van der Waals surface area (Å²) in [6.07, 6.45) is 1.65. The SMILES string of the molecule is CNCCN(C)Cc1cccnc1C#N. The van der Waals surface area contributed by atoms with Crippen molar-refractivity contribution in [2.24, 2.45) is 0 Å². The van der Waals surface area contributed by atoms with Crippen molar-refractivity contribution in [1.82, 2.24) is 15.2 Å². The van der Waals surface area contributed by atoms with E-state index in [-0.39, 0.29) is 0 Å². The molecule has 0 bridgehead atoms. The molecule has 0 aliphatic rings. The summed E-state index contributed by atoms with van der Waals surface area (Å²) in [5, 5.41) is 12.0. The molecule has 80 valence electrons. The Morgan fingerprint density at radius 3 is 3.07 bits per heavy atom. The predicted octanol–water partition coefficient (Wildman–Crippen LogP) is 0.604. The average molecular weight is 204 g/mol. The van der Waals surface area contributed by atoms with Gasteiger partial charge in [-0.1, -0.05) is 6.07 Å². The molecular weight excluding hydrogens is 188 g/mol. The van der Waals surface area contributed by atoms with Gasteiger partial charge in [0, 0.05) is 31.4 Å². The molecular formula is C11H16N4. The van der Waals surface area contributed by atoms with Crippen LogP contribution in [-0.4, -0.2) is 37.1 Å². The van der Waals surface area contributed by atoms with Crippen molar-refractivity contribution >= 4 is 0 Å². The lowest BCUT2D eigenvalue weighted by molar-refractivity contribution is 0.327. The maximum Gasteiger partial charge on any atom is 0.144 e. The van der Waals surface area contributed by atoms with Crippen molar-refractivity contribution in [2.45, 2.75) is 6.54 Å². The molecule has 0 fully saturated rings. The van der Waals surface area contributed by atoms with Crippen LogP contribution in [0.5, 0.6) is 0 Å². The lowest BCUT2D eigenvalue weighted by atomic mass is 10.2. The average Bonchev–Trinajstić information content (AvgIpc) is 2.27. The Morgan fingerprint density at radius 2 is 2.40 bits per heavy atom. The van der Waals surface area contributed by atoms with Gasteiger partial charge >= 0.3 is 0 Å². The van der Waals surface area contributed by atoms with E-state index in [1.165, 1.54) is 0 Å². The molecule has 4 nitrogen and oxygen atoms in total. The molecule has 0 aromatic carbocycles. The van der Waals surface area contributed by atoms with Crippen LogP contribution >= 0.6 is 0 Å². The number of likely N-dealkylation sites (N-methyl/N-ethyl adjacent to an activating group) is 2. The molecule has 0 amide bonds. The number of nitrogens with one attached hydrogen (secondary N) is 1. The summed E-state index contributed by atoms with van der Waals surface area (Å²) in [7, 11) is 3.96. The lowest BCUT2D eigenvalue weighted by Gasteiger charge is -2.16. The highest BCUT2D eigenvalue weighted by atomic mass is 15.1. The summed E-state index contributed by atoms with van der Waals surface area (Å²) in [5.41, 5.74) is 1.51. The molecule has 1 N–H and O–H groups in total. The molecule has 0 unspecified atom stereocenters. The van der Waals surface area contributed by atoms with Crippen LogP contribution in [0.1, 0.15) is 11.3 Å². The first kappa shape index (κ1) is 11.6. The molecule has 1 aromatic rings. The molecule has 0 atom stereocenters. The van der Waals surface area contributed by atoms with Gasteiger partial charge in [0.15, 0.2) is 0 Å². The van der Waals surface area contributed by atoms with Gasteiger partial charge in [0.05, 0.1) is 0 Å². The van der Waals surface area contributed by atoms with Crippen molar-refractivity contribution in [1.29, 1.82) is 5.26 Å². The number of rotatable bonds is 5. The molecule has 4 heteroatoms. The van der Waals surface area contributed by atoms with Crippen LogP contribution in [0.2, 0.25) is 0 Å².